The summed E-state index contributed by atoms with van der Waals surface area (Å²) in [5, 5.41) is 0. The van der Waals surface area contributed by atoms with Crippen molar-refractivity contribution in [1.29, 1.82) is 0 Å². The number of amides is 1. The summed E-state index contributed by atoms with van der Waals surface area (Å²) in [7, 11) is 3.13. The van der Waals surface area contributed by atoms with Gasteiger partial charge in [0.15, 0.2) is 11.5 Å². The first-order valence-corrected chi connectivity index (χ1v) is 7.00. The van der Waals surface area contributed by atoms with Crippen molar-refractivity contribution in [2.45, 2.75) is 32.4 Å². The van der Waals surface area contributed by atoms with Gasteiger partial charge in [-0.3, -0.25) is 4.90 Å². The highest BCUT2D eigenvalue weighted by atomic mass is 16.6. The number of ether oxygens (including phenoxy) is 3. The first-order valence-electron chi connectivity index (χ1n) is 7.00. The Hall–Kier alpha value is -1.95. The summed E-state index contributed by atoms with van der Waals surface area (Å²) < 4.78 is 15.8. The minimum absolute atomic E-state index is 0.0374. The molecule has 0 spiro atoms. The van der Waals surface area contributed by atoms with Gasteiger partial charge in [0.05, 0.1) is 26.5 Å². The maximum Gasteiger partial charge on any atom is 0.414 e. The maximum absolute atomic E-state index is 12.2. The van der Waals surface area contributed by atoms with Crippen molar-refractivity contribution >= 4 is 11.8 Å². The van der Waals surface area contributed by atoms with Crippen molar-refractivity contribution in [3.63, 3.8) is 0 Å². The van der Waals surface area contributed by atoms with Crippen LogP contribution in [0.1, 0.15) is 31.9 Å². The van der Waals surface area contributed by atoms with Gasteiger partial charge in [-0.25, -0.2) is 4.79 Å². The smallest absolute Gasteiger partial charge is 0.414 e. The molecule has 21 heavy (non-hydrogen) atoms. The number of anilines is 1. The molecule has 1 amide bonds. The summed E-state index contributed by atoms with van der Waals surface area (Å²) in [5.41, 5.74) is 7.79. The third-order valence-corrected chi connectivity index (χ3v) is 3.69. The summed E-state index contributed by atoms with van der Waals surface area (Å²) in [6.07, 6.45) is 0.298. The lowest BCUT2D eigenvalue weighted by atomic mass is 9.92. The van der Waals surface area contributed by atoms with Crippen LogP contribution in [0.15, 0.2) is 12.1 Å². The molecule has 0 unspecified atom stereocenters. The summed E-state index contributed by atoms with van der Waals surface area (Å²) in [6.45, 7) is 4.07. The standard InChI is InChI=1S/C15H22N2O4/c1-5-21-15(18)17-9(2)6-11(16)10-7-13(19-3)14(20-4)8-12(10)17/h7-9,11H,5-6,16H2,1-4H3/t9-,11+/m0/s1. The van der Waals surface area contributed by atoms with Crippen LogP contribution < -0.4 is 20.1 Å². The predicted molar refractivity (Wildman–Crippen MR) is 80.1 cm³/mol. The number of hydrogen-bond donors (Lipinski definition) is 1. The van der Waals surface area contributed by atoms with Crippen molar-refractivity contribution in [1.82, 2.24) is 0 Å². The second-order valence-electron chi connectivity index (χ2n) is 5.03. The third kappa shape index (κ3) is 2.76. The second kappa shape index (κ2) is 6.22. The molecule has 2 N–H and O–H groups in total. The van der Waals surface area contributed by atoms with Crippen LogP contribution in [0.4, 0.5) is 10.5 Å². The number of hydrogen-bond acceptors (Lipinski definition) is 5. The first kappa shape index (κ1) is 15.4. The molecule has 0 saturated heterocycles. The summed E-state index contributed by atoms with van der Waals surface area (Å²) in [5.74, 6) is 1.16. The molecule has 0 aliphatic carbocycles. The zero-order chi connectivity index (χ0) is 15.6. The number of benzene rings is 1. The zero-order valence-corrected chi connectivity index (χ0v) is 12.9. The van der Waals surface area contributed by atoms with Gasteiger partial charge in [0.2, 0.25) is 0 Å². The average Bonchev–Trinajstić information content (AvgIpc) is 2.46. The second-order valence-corrected chi connectivity index (χ2v) is 5.03. The summed E-state index contributed by atoms with van der Waals surface area (Å²) in [4.78, 5) is 13.9. The zero-order valence-electron chi connectivity index (χ0n) is 12.9. The Morgan fingerprint density at radius 3 is 2.52 bits per heavy atom. The van der Waals surface area contributed by atoms with Crippen LogP contribution in [0.25, 0.3) is 0 Å². The molecular weight excluding hydrogens is 272 g/mol. The van der Waals surface area contributed by atoms with E-state index in [0.717, 1.165) is 11.3 Å². The molecule has 2 atom stereocenters. The topological polar surface area (TPSA) is 74.0 Å². The molecule has 116 valence electrons. The molecular formula is C15H22N2O4. The minimum Gasteiger partial charge on any atom is -0.493 e. The van der Waals surface area contributed by atoms with E-state index in [1.807, 2.05) is 13.0 Å². The van der Waals surface area contributed by atoms with E-state index >= 15 is 0 Å². The Morgan fingerprint density at radius 2 is 1.95 bits per heavy atom. The Kier molecular flexibility index (Phi) is 4.57. The van der Waals surface area contributed by atoms with Crippen LogP contribution in [0, 0.1) is 0 Å². The minimum atomic E-state index is -0.370. The van der Waals surface area contributed by atoms with Crippen molar-refractivity contribution in [3.8, 4) is 11.5 Å². The van der Waals surface area contributed by atoms with Crippen LogP contribution in [0.2, 0.25) is 0 Å². The lowest BCUT2D eigenvalue weighted by Crippen LogP contribution is -2.44. The molecule has 0 radical (unpaired) electrons. The fourth-order valence-corrected chi connectivity index (χ4v) is 2.70. The summed E-state index contributed by atoms with van der Waals surface area (Å²) in [6, 6.07) is 3.42. The number of carbonyl (C=O) groups excluding carboxylic acids is 1. The van der Waals surface area contributed by atoms with Gasteiger partial charge in [-0.15, -0.1) is 0 Å². The number of nitrogens with zero attached hydrogens (tertiary/aromatic N) is 1. The van der Waals surface area contributed by atoms with Gasteiger partial charge in [-0.2, -0.15) is 0 Å². The fourth-order valence-electron chi connectivity index (χ4n) is 2.70. The van der Waals surface area contributed by atoms with Crippen molar-refractivity contribution < 1.29 is 19.0 Å². The highest BCUT2D eigenvalue weighted by Gasteiger charge is 2.34. The van der Waals surface area contributed by atoms with Crippen LogP contribution in [0.5, 0.6) is 11.5 Å². The van der Waals surface area contributed by atoms with E-state index in [2.05, 4.69) is 0 Å². The van der Waals surface area contributed by atoms with E-state index in [-0.39, 0.29) is 18.2 Å². The van der Waals surface area contributed by atoms with E-state index in [9.17, 15) is 4.79 Å². The maximum atomic E-state index is 12.2. The van der Waals surface area contributed by atoms with Crippen LogP contribution in [-0.4, -0.2) is 33.0 Å². The molecule has 0 saturated carbocycles. The SMILES string of the molecule is CCOC(=O)N1c2cc(OC)c(OC)cc2[C@H](N)C[C@@H]1C. The van der Waals surface area contributed by atoms with E-state index < -0.39 is 0 Å². The molecule has 0 fully saturated rings. The Morgan fingerprint density at radius 1 is 1.33 bits per heavy atom. The van der Waals surface area contributed by atoms with Crippen LogP contribution in [0.3, 0.4) is 0 Å². The van der Waals surface area contributed by atoms with Gasteiger partial charge >= 0.3 is 6.09 Å². The van der Waals surface area contributed by atoms with Gasteiger partial charge in [-0.05, 0) is 31.9 Å². The van der Waals surface area contributed by atoms with E-state index in [1.54, 1.807) is 32.1 Å². The number of methoxy groups -OCH3 is 2. The summed E-state index contributed by atoms with van der Waals surface area (Å²) >= 11 is 0. The molecule has 6 nitrogen and oxygen atoms in total. The molecule has 0 bridgehead atoms. The molecule has 1 heterocycles. The number of nitrogens with two attached hydrogens (primary N) is 1. The largest absolute Gasteiger partial charge is 0.493 e. The molecule has 1 aliphatic rings. The first-order chi connectivity index (χ1) is 10.0. The Bertz CT molecular complexity index is 533. The quantitative estimate of drug-likeness (QED) is 0.927. The number of rotatable bonds is 3. The average molecular weight is 294 g/mol. The molecule has 2 rings (SSSR count). The Labute approximate surface area is 124 Å². The van der Waals surface area contributed by atoms with Gasteiger partial charge in [-0.1, -0.05) is 0 Å². The highest BCUT2D eigenvalue weighted by molar-refractivity contribution is 5.91. The molecule has 1 aliphatic heterocycles. The lowest BCUT2D eigenvalue weighted by Gasteiger charge is -2.37. The molecule has 0 aromatic heterocycles. The predicted octanol–water partition coefficient (Wildman–Crippen LogP) is 2.46. The monoisotopic (exact) mass is 294 g/mol. The van der Waals surface area contributed by atoms with Gasteiger partial charge < -0.3 is 19.9 Å². The van der Waals surface area contributed by atoms with Gasteiger partial charge in [0, 0.05) is 18.2 Å². The third-order valence-electron chi connectivity index (χ3n) is 3.69. The van der Waals surface area contributed by atoms with E-state index in [0.29, 0.717) is 24.5 Å². The highest BCUT2D eigenvalue weighted by Crippen LogP contribution is 2.42. The van der Waals surface area contributed by atoms with Crippen LogP contribution in [-0.2, 0) is 4.74 Å². The van der Waals surface area contributed by atoms with Gasteiger partial charge in [0.1, 0.15) is 0 Å². The molecule has 1 aromatic carbocycles. The van der Waals surface area contributed by atoms with Crippen LogP contribution >= 0.6 is 0 Å². The van der Waals surface area contributed by atoms with Crippen molar-refractivity contribution in [2.75, 3.05) is 25.7 Å². The normalized spacial score (nSPS) is 20.7. The molecule has 6 heteroatoms. The molecule has 1 aromatic rings. The fraction of sp³-hybridized carbons (Fsp3) is 0.533. The van der Waals surface area contributed by atoms with Gasteiger partial charge in [0.25, 0.3) is 0 Å². The number of fused-ring (bicyclic) bond motifs is 1. The lowest BCUT2D eigenvalue weighted by molar-refractivity contribution is 0.156. The van der Waals surface area contributed by atoms with Crippen molar-refractivity contribution in [3.05, 3.63) is 17.7 Å². The van der Waals surface area contributed by atoms with Crippen molar-refractivity contribution in [2.24, 2.45) is 5.73 Å². The van der Waals surface area contributed by atoms with E-state index in [1.165, 1.54) is 0 Å². The Balaban J connectivity index is 2.53. The van der Waals surface area contributed by atoms with E-state index in [4.69, 9.17) is 19.9 Å². The number of carbonyl (C=O) groups is 1.